The van der Waals surface area contributed by atoms with Crippen molar-refractivity contribution >= 4 is 34.1 Å². The smallest absolute Gasteiger partial charge is 0.242 e. The van der Waals surface area contributed by atoms with Crippen LogP contribution in [0.4, 0.5) is 5.69 Å². The fourth-order valence-corrected chi connectivity index (χ4v) is 3.15. The van der Waals surface area contributed by atoms with Crippen LogP contribution < -0.4 is 10.1 Å². The zero-order valence-corrected chi connectivity index (χ0v) is 16.5. The van der Waals surface area contributed by atoms with Crippen LogP contribution in [0.15, 0.2) is 48.5 Å². The Morgan fingerprint density at radius 1 is 1.29 bits per heavy atom. The number of carbonyl (C=O) groups excluding carboxylic acids is 1. The van der Waals surface area contributed by atoms with Crippen LogP contribution in [0, 0.1) is 24.2 Å². The van der Waals surface area contributed by atoms with Gasteiger partial charge in [-0.2, -0.15) is 5.26 Å². The maximum Gasteiger partial charge on any atom is 0.242 e. The summed E-state index contributed by atoms with van der Waals surface area (Å²) in [5.41, 5.74) is 3.08. The SMILES string of the molecule is CCOc1ccccc1NC(=O)C(C#N)Cc1cc2ccc(C)cc2nc1Cl. The molecule has 0 bridgehead atoms. The second kappa shape index (κ2) is 8.73. The number of nitrogens with one attached hydrogen (secondary N) is 1. The third-order valence-corrected chi connectivity index (χ3v) is 4.67. The Balaban J connectivity index is 1.82. The van der Waals surface area contributed by atoms with Gasteiger partial charge in [-0.25, -0.2) is 4.98 Å². The minimum atomic E-state index is -0.906. The van der Waals surface area contributed by atoms with Gasteiger partial charge in [0.05, 0.1) is 23.9 Å². The van der Waals surface area contributed by atoms with Gasteiger partial charge in [0.25, 0.3) is 0 Å². The standard InChI is InChI=1S/C22H20ClN3O2/c1-3-28-20-7-5-4-6-18(20)26-22(27)17(13-24)12-16-11-15-9-8-14(2)10-19(15)25-21(16)23/h4-11,17H,3,12H2,1-2H3,(H,26,27). The van der Waals surface area contributed by atoms with E-state index in [0.29, 0.717) is 28.8 Å². The molecule has 1 heterocycles. The van der Waals surface area contributed by atoms with Crippen LogP contribution in [0.2, 0.25) is 5.15 Å². The lowest BCUT2D eigenvalue weighted by Crippen LogP contribution is -2.24. The minimum absolute atomic E-state index is 0.175. The molecule has 0 aliphatic heterocycles. The van der Waals surface area contributed by atoms with Crippen molar-refractivity contribution in [2.24, 2.45) is 5.92 Å². The average molecular weight is 394 g/mol. The van der Waals surface area contributed by atoms with Crippen LogP contribution in [0.25, 0.3) is 10.9 Å². The molecule has 3 aromatic rings. The molecule has 1 N–H and O–H groups in total. The van der Waals surface area contributed by atoms with Gasteiger partial charge < -0.3 is 10.1 Å². The molecule has 0 saturated heterocycles. The van der Waals surface area contributed by atoms with E-state index in [9.17, 15) is 10.1 Å². The topological polar surface area (TPSA) is 75.0 Å². The van der Waals surface area contributed by atoms with E-state index in [4.69, 9.17) is 16.3 Å². The number of benzene rings is 2. The molecule has 2 aromatic carbocycles. The summed E-state index contributed by atoms with van der Waals surface area (Å²) in [5.74, 6) is -0.748. The number of halogens is 1. The summed E-state index contributed by atoms with van der Waals surface area (Å²) in [6, 6.07) is 17.0. The third kappa shape index (κ3) is 4.41. The molecule has 1 amide bonds. The number of rotatable bonds is 6. The highest BCUT2D eigenvalue weighted by molar-refractivity contribution is 6.30. The molecule has 142 valence electrons. The molecule has 0 radical (unpaired) electrons. The van der Waals surface area contributed by atoms with Crippen molar-refractivity contribution < 1.29 is 9.53 Å². The molecule has 5 nitrogen and oxygen atoms in total. The summed E-state index contributed by atoms with van der Waals surface area (Å²) >= 11 is 6.32. The Bertz CT molecular complexity index is 1060. The van der Waals surface area contributed by atoms with Gasteiger partial charge in [0.15, 0.2) is 0 Å². The molecular weight excluding hydrogens is 374 g/mol. The number of hydrogen-bond acceptors (Lipinski definition) is 4. The van der Waals surface area contributed by atoms with Gasteiger partial charge in [-0.1, -0.05) is 35.9 Å². The predicted octanol–water partition coefficient (Wildman–Crippen LogP) is 4.92. The molecule has 3 rings (SSSR count). The Hall–Kier alpha value is -3.10. The fourth-order valence-electron chi connectivity index (χ4n) is 2.93. The van der Waals surface area contributed by atoms with E-state index in [1.807, 2.05) is 44.2 Å². The Morgan fingerprint density at radius 2 is 2.07 bits per heavy atom. The lowest BCUT2D eigenvalue weighted by molar-refractivity contribution is -0.118. The van der Waals surface area contributed by atoms with Gasteiger partial charge in [0.2, 0.25) is 5.91 Å². The third-order valence-electron chi connectivity index (χ3n) is 4.34. The number of nitrogens with zero attached hydrogens (tertiary/aromatic N) is 2. The number of aryl methyl sites for hydroxylation is 1. The minimum Gasteiger partial charge on any atom is -0.492 e. The Labute approximate surface area is 168 Å². The lowest BCUT2D eigenvalue weighted by Gasteiger charge is -2.14. The second-order valence-corrected chi connectivity index (χ2v) is 6.80. The maximum absolute atomic E-state index is 12.7. The van der Waals surface area contributed by atoms with Crippen LogP contribution in [-0.4, -0.2) is 17.5 Å². The summed E-state index contributed by atoms with van der Waals surface area (Å²) in [7, 11) is 0. The first-order valence-corrected chi connectivity index (χ1v) is 9.37. The largest absolute Gasteiger partial charge is 0.492 e. The van der Waals surface area contributed by atoms with Gasteiger partial charge in [0, 0.05) is 11.8 Å². The van der Waals surface area contributed by atoms with Crippen LogP contribution >= 0.6 is 11.6 Å². The van der Waals surface area contributed by atoms with Gasteiger partial charge in [-0.05, 0) is 49.2 Å². The lowest BCUT2D eigenvalue weighted by atomic mass is 9.99. The van der Waals surface area contributed by atoms with E-state index in [0.717, 1.165) is 16.5 Å². The van der Waals surface area contributed by atoms with E-state index in [1.54, 1.807) is 18.2 Å². The van der Waals surface area contributed by atoms with Crippen LogP contribution in [0.5, 0.6) is 5.75 Å². The van der Waals surface area contributed by atoms with Crippen molar-refractivity contribution in [2.75, 3.05) is 11.9 Å². The van der Waals surface area contributed by atoms with E-state index < -0.39 is 11.8 Å². The first-order valence-electron chi connectivity index (χ1n) is 9.00. The molecule has 6 heteroatoms. The van der Waals surface area contributed by atoms with Crippen LogP contribution in [0.3, 0.4) is 0 Å². The molecule has 0 fully saturated rings. The molecular formula is C22H20ClN3O2. The summed E-state index contributed by atoms with van der Waals surface area (Å²) < 4.78 is 5.52. The van der Waals surface area contributed by atoms with Crippen molar-refractivity contribution in [1.82, 2.24) is 4.98 Å². The number of hydrogen-bond donors (Lipinski definition) is 1. The molecule has 1 atom stereocenters. The Kier molecular flexibility index (Phi) is 6.13. The Morgan fingerprint density at radius 3 is 2.82 bits per heavy atom. The molecule has 0 saturated carbocycles. The number of ether oxygens (including phenoxy) is 1. The normalized spacial score (nSPS) is 11.6. The van der Waals surface area contributed by atoms with Gasteiger partial charge >= 0.3 is 0 Å². The monoisotopic (exact) mass is 393 g/mol. The zero-order valence-electron chi connectivity index (χ0n) is 15.7. The van der Waals surface area contributed by atoms with E-state index in [-0.39, 0.29) is 6.42 Å². The van der Waals surface area contributed by atoms with Gasteiger partial charge in [-0.15, -0.1) is 0 Å². The van der Waals surface area contributed by atoms with Crippen LogP contribution in [-0.2, 0) is 11.2 Å². The number of aromatic nitrogens is 1. The van der Waals surface area contributed by atoms with Gasteiger partial charge in [-0.3, -0.25) is 4.79 Å². The summed E-state index contributed by atoms with van der Waals surface area (Å²) in [6.07, 6.45) is 0.175. The zero-order chi connectivity index (χ0) is 20.1. The van der Waals surface area contributed by atoms with Gasteiger partial charge in [0.1, 0.15) is 16.8 Å². The molecule has 0 aliphatic carbocycles. The number of para-hydroxylation sites is 2. The number of nitriles is 1. The fraction of sp³-hybridized carbons (Fsp3) is 0.227. The number of carbonyl (C=O) groups is 1. The van der Waals surface area contributed by atoms with E-state index in [1.165, 1.54) is 0 Å². The maximum atomic E-state index is 12.7. The average Bonchev–Trinajstić information content (AvgIpc) is 2.68. The molecule has 0 aliphatic rings. The molecule has 1 unspecified atom stereocenters. The first kappa shape index (κ1) is 19.7. The number of amides is 1. The number of fused-ring (bicyclic) bond motifs is 1. The van der Waals surface area contributed by atoms with Crippen molar-refractivity contribution in [3.63, 3.8) is 0 Å². The molecule has 0 spiro atoms. The second-order valence-electron chi connectivity index (χ2n) is 6.44. The van der Waals surface area contributed by atoms with Crippen molar-refractivity contribution in [3.8, 4) is 11.8 Å². The molecule has 1 aromatic heterocycles. The highest BCUT2D eigenvalue weighted by Crippen LogP contribution is 2.26. The quantitative estimate of drug-likeness (QED) is 0.603. The van der Waals surface area contributed by atoms with Crippen molar-refractivity contribution in [3.05, 3.63) is 64.8 Å². The molecule has 28 heavy (non-hydrogen) atoms. The highest BCUT2D eigenvalue weighted by Gasteiger charge is 2.22. The van der Waals surface area contributed by atoms with E-state index >= 15 is 0 Å². The summed E-state index contributed by atoms with van der Waals surface area (Å²) in [6.45, 7) is 4.33. The number of anilines is 1. The summed E-state index contributed by atoms with van der Waals surface area (Å²) in [5, 5.41) is 13.6. The first-order chi connectivity index (χ1) is 13.5. The van der Waals surface area contributed by atoms with Crippen molar-refractivity contribution in [2.45, 2.75) is 20.3 Å². The summed E-state index contributed by atoms with van der Waals surface area (Å²) in [4.78, 5) is 17.1. The highest BCUT2D eigenvalue weighted by atomic mass is 35.5. The number of pyridine rings is 1. The van der Waals surface area contributed by atoms with E-state index in [2.05, 4.69) is 16.4 Å². The van der Waals surface area contributed by atoms with Crippen molar-refractivity contribution in [1.29, 1.82) is 5.26 Å². The van der Waals surface area contributed by atoms with Crippen LogP contribution in [0.1, 0.15) is 18.1 Å². The predicted molar refractivity (Wildman–Crippen MR) is 111 cm³/mol.